The molecule has 0 spiro atoms. The maximum Gasteiger partial charge on any atom is 0.224 e. The molecule has 1 amide bonds. The first-order chi connectivity index (χ1) is 16.4. The molecule has 35 heavy (non-hydrogen) atoms. The molecule has 3 aromatic rings. The molecule has 9 heteroatoms. The number of nitrogens with zero attached hydrogens (tertiary/aromatic N) is 3. The Bertz CT molecular complexity index is 1250. The minimum atomic E-state index is -3.94. The van der Waals surface area contributed by atoms with Crippen LogP contribution in [0.25, 0.3) is 4.72 Å². The highest BCUT2D eigenvalue weighted by molar-refractivity contribution is 7.94. The van der Waals surface area contributed by atoms with Crippen molar-refractivity contribution in [2.24, 2.45) is 0 Å². The Kier molecular flexibility index (Phi) is 8.11. The van der Waals surface area contributed by atoms with Crippen LogP contribution in [0, 0.1) is 13.8 Å². The van der Waals surface area contributed by atoms with Crippen LogP contribution in [0.3, 0.4) is 0 Å². The van der Waals surface area contributed by atoms with E-state index in [4.69, 9.17) is 4.74 Å². The zero-order valence-electron chi connectivity index (χ0n) is 20.7. The van der Waals surface area contributed by atoms with Gasteiger partial charge in [0.25, 0.3) is 0 Å². The lowest BCUT2D eigenvalue weighted by molar-refractivity contribution is -0.116. The quantitative estimate of drug-likeness (QED) is 0.388. The number of aromatic nitrogens is 2. The molecule has 3 rings (SSSR count). The van der Waals surface area contributed by atoms with Gasteiger partial charge in [-0.2, -0.15) is 0 Å². The maximum absolute atomic E-state index is 12.6. The van der Waals surface area contributed by atoms with E-state index in [2.05, 4.69) is 52.9 Å². The lowest BCUT2D eigenvalue weighted by atomic mass is 9.87. The standard InChI is InChI=1S/C26H32N4O4S/c1-18-17-24(28-19(2)27-18)30-35(32,33)23-14-10-21(11-15-23)29-25(31)7-6-16-34-22-12-8-20(9-13-22)26(3,4)5/h8-15,17H,6-7,16H2,1-5H3,(H2,27,28,29,30,31)/p-1. The van der Waals surface area contributed by atoms with Crippen LogP contribution in [0.15, 0.2) is 59.5 Å². The Balaban J connectivity index is 1.47. The van der Waals surface area contributed by atoms with Crippen molar-refractivity contribution in [2.75, 3.05) is 11.9 Å². The second-order valence-electron chi connectivity index (χ2n) is 9.28. The van der Waals surface area contributed by atoms with Crippen LogP contribution in [0.4, 0.5) is 11.5 Å². The van der Waals surface area contributed by atoms with Crippen LogP contribution < -0.4 is 10.1 Å². The number of amides is 1. The molecule has 0 radical (unpaired) electrons. The normalized spacial score (nSPS) is 11.7. The average Bonchev–Trinajstić information content (AvgIpc) is 2.76. The van der Waals surface area contributed by atoms with E-state index in [0.29, 0.717) is 30.2 Å². The van der Waals surface area contributed by atoms with Gasteiger partial charge in [-0.1, -0.05) is 32.9 Å². The zero-order valence-corrected chi connectivity index (χ0v) is 21.5. The van der Waals surface area contributed by atoms with Gasteiger partial charge in [-0.25, -0.2) is 8.42 Å². The molecule has 1 heterocycles. The Morgan fingerprint density at radius 3 is 2.26 bits per heavy atom. The molecule has 0 saturated heterocycles. The van der Waals surface area contributed by atoms with E-state index < -0.39 is 10.0 Å². The summed E-state index contributed by atoms with van der Waals surface area (Å²) in [6.07, 6.45) is 0.831. The first-order valence-electron chi connectivity index (χ1n) is 11.4. The van der Waals surface area contributed by atoms with Crippen LogP contribution in [0.1, 0.15) is 50.7 Å². The van der Waals surface area contributed by atoms with Crippen molar-refractivity contribution in [1.82, 2.24) is 9.97 Å². The van der Waals surface area contributed by atoms with Crippen molar-refractivity contribution in [3.8, 4) is 5.75 Å². The van der Waals surface area contributed by atoms with Crippen LogP contribution in [-0.2, 0) is 20.2 Å². The van der Waals surface area contributed by atoms with E-state index in [-0.39, 0.29) is 28.5 Å². The number of carbonyl (C=O) groups excluding carboxylic acids is 1. The minimum Gasteiger partial charge on any atom is -0.494 e. The highest BCUT2D eigenvalue weighted by Crippen LogP contribution is 2.27. The number of aryl methyl sites for hydroxylation is 2. The topological polar surface area (TPSA) is 112 Å². The molecule has 1 aromatic heterocycles. The van der Waals surface area contributed by atoms with Crippen molar-refractivity contribution in [3.63, 3.8) is 0 Å². The van der Waals surface area contributed by atoms with Crippen molar-refractivity contribution >= 4 is 27.4 Å². The van der Waals surface area contributed by atoms with Crippen LogP contribution in [0.2, 0.25) is 0 Å². The van der Waals surface area contributed by atoms with Gasteiger partial charge in [-0.05, 0) is 79.5 Å². The van der Waals surface area contributed by atoms with Gasteiger partial charge in [0.1, 0.15) is 5.75 Å². The van der Waals surface area contributed by atoms with E-state index in [1.165, 1.54) is 35.9 Å². The van der Waals surface area contributed by atoms with E-state index in [1.54, 1.807) is 13.8 Å². The average molecular weight is 496 g/mol. The smallest absolute Gasteiger partial charge is 0.224 e. The summed E-state index contributed by atoms with van der Waals surface area (Å²) in [5.41, 5.74) is 2.45. The van der Waals surface area contributed by atoms with Gasteiger partial charge in [0.2, 0.25) is 15.9 Å². The number of rotatable bonds is 9. The summed E-state index contributed by atoms with van der Waals surface area (Å²) in [6.45, 7) is 10.3. The summed E-state index contributed by atoms with van der Waals surface area (Å²) < 4.78 is 34.7. The molecule has 0 atom stereocenters. The van der Waals surface area contributed by atoms with Crippen molar-refractivity contribution in [2.45, 2.75) is 57.8 Å². The van der Waals surface area contributed by atoms with Crippen molar-refractivity contribution < 1.29 is 17.9 Å². The Hall–Kier alpha value is -3.46. The van der Waals surface area contributed by atoms with E-state index in [9.17, 15) is 13.2 Å². The van der Waals surface area contributed by atoms with E-state index in [0.717, 1.165) is 5.75 Å². The summed E-state index contributed by atoms with van der Waals surface area (Å²) in [6, 6.07) is 15.4. The van der Waals surface area contributed by atoms with Crippen molar-refractivity contribution in [3.05, 3.63) is 76.4 Å². The molecule has 0 unspecified atom stereocenters. The minimum absolute atomic E-state index is 0.00953. The second kappa shape index (κ2) is 10.9. The Labute approximate surface area is 207 Å². The number of carbonyl (C=O) groups is 1. The Morgan fingerprint density at radius 1 is 1.00 bits per heavy atom. The molecule has 2 aromatic carbocycles. The third kappa shape index (κ3) is 7.78. The molecule has 0 bridgehead atoms. The van der Waals surface area contributed by atoms with Gasteiger partial charge < -0.3 is 19.8 Å². The molecule has 0 aliphatic rings. The third-order valence-corrected chi connectivity index (χ3v) is 6.43. The second-order valence-corrected chi connectivity index (χ2v) is 10.9. The molecular formula is C26H31N4O4S-. The lowest BCUT2D eigenvalue weighted by Gasteiger charge is -2.19. The fourth-order valence-electron chi connectivity index (χ4n) is 3.33. The summed E-state index contributed by atoms with van der Waals surface area (Å²) in [7, 11) is -3.94. The first kappa shape index (κ1) is 26.2. The summed E-state index contributed by atoms with van der Waals surface area (Å²) in [5.74, 6) is 1.12. The molecule has 0 fully saturated rings. The maximum atomic E-state index is 12.6. The van der Waals surface area contributed by atoms with Gasteiger partial charge >= 0.3 is 0 Å². The van der Waals surface area contributed by atoms with Crippen LogP contribution >= 0.6 is 0 Å². The molecule has 8 nitrogen and oxygen atoms in total. The number of hydrogen-bond acceptors (Lipinski definition) is 6. The predicted octanol–water partition coefficient (Wildman–Crippen LogP) is 5.58. The lowest BCUT2D eigenvalue weighted by Crippen LogP contribution is -2.13. The molecule has 0 aliphatic carbocycles. The number of sulfonamides is 1. The van der Waals surface area contributed by atoms with E-state index >= 15 is 0 Å². The van der Waals surface area contributed by atoms with Crippen LogP contribution in [0.5, 0.6) is 5.75 Å². The largest absolute Gasteiger partial charge is 0.494 e. The fraction of sp³-hybridized carbons (Fsp3) is 0.346. The van der Waals surface area contributed by atoms with Gasteiger partial charge in [0, 0.05) is 23.6 Å². The SMILES string of the molecule is Cc1cc([N-]S(=O)(=O)c2ccc(NC(=O)CCCOc3ccc(C(C)(C)C)cc3)cc2)nc(C)n1. The van der Waals surface area contributed by atoms with Gasteiger partial charge in [0.15, 0.2) is 0 Å². The monoisotopic (exact) mass is 495 g/mol. The van der Waals surface area contributed by atoms with Gasteiger partial charge in [-0.3, -0.25) is 9.78 Å². The number of ether oxygens (including phenoxy) is 1. The molecular weight excluding hydrogens is 464 g/mol. The summed E-state index contributed by atoms with van der Waals surface area (Å²) in [5, 5.41) is 2.77. The number of anilines is 1. The van der Waals surface area contributed by atoms with Gasteiger partial charge in [-0.15, -0.1) is 0 Å². The summed E-state index contributed by atoms with van der Waals surface area (Å²) >= 11 is 0. The fourth-order valence-corrected chi connectivity index (χ4v) is 4.25. The number of nitrogens with one attached hydrogen (secondary N) is 1. The summed E-state index contributed by atoms with van der Waals surface area (Å²) in [4.78, 5) is 20.4. The molecule has 186 valence electrons. The van der Waals surface area contributed by atoms with Crippen LogP contribution in [-0.4, -0.2) is 30.9 Å². The highest BCUT2D eigenvalue weighted by atomic mass is 32.2. The molecule has 0 aliphatic heterocycles. The van der Waals surface area contributed by atoms with E-state index in [1.807, 2.05) is 12.1 Å². The number of hydrogen-bond donors (Lipinski definition) is 1. The third-order valence-electron chi connectivity index (χ3n) is 5.14. The first-order valence-corrected chi connectivity index (χ1v) is 12.8. The van der Waals surface area contributed by atoms with Gasteiger partial charge in [0.05, 0.1) is 11.5 Å². The Morgan fingerprint density at radius 2 is 1.66 bits per heavy atom. The molecule has 1 N–H and O–H groups in total. The van der Waals surface area contributed by atoms with Crippen molar-refractivity contribution in [1.29, 1.82) is 0 Å². The number of benzene rings is 2. The molecule has 0 saturated carbocycles. The zero-order chi connectivity index (χ0) is 25.6. The predicted molar refractivity (Wildman–Crippen MR) is 137 cm³/mol. The highest BCUT2D eigenvalue weighted by Gasteiger charge is 2.13.